The lowest BCUT2D eigenvalue weighted by Gasteiger charge is -2.28. The predicted molar refractivity (Wildman–Crippen MR) is 186 cm³/mol. The number of aliphatic imine (C=N–C) groups is 1. The van der Waals surface area contributed by atoms with Gasteiger partial charge in [-0.05, 0) is 54.0 Å². The third-order valence-electron chi connectivity index (χ3n) is 8.71. The van der Waals surface area contributed by atoms with Crippen molar-refractivity contribution in [3.63, 3.8) is 0 Å². The number of carbonyl (C=O) groups is 2. The van der Waals surface area contributed by atoms with E-state index < -0.39 is 36.8 Å². The molecule has 2 aromatic heterocycles. The molecule has 0 radical (unpaired) electrons. The van der Waals surface area contributed by atoms with Crippen LogP contribution < -0.4 is 11.1 Å². The number of hydrogen-bond donors (Lipinski definition) is 3. The number of guanidine groups is 1. The second kappa shape index (κ2) is 14.7. The molecule has 0 spiro atoms. The lowest BCUT2D eigenvalue weighted by molar-refractivity contribution is -0.142. The largest absolute Gasteiger partial charge is 0.447 e. The number of rotatable bonds is 9. The number of aromatic nitrogens is 5. The van der Waals surface area contributed by atoms with Gasteiger partial charge in [-0.15, -0.1) is 0 Å². The number of halogens is 4. The lowest BCUT2D eigenvalue weighted by atomic mass is 9.94. The van der Waals surface area contributed by atoms with Crippen LogP contribution in [0.3, 0.4) is 0 Å². The van der Waals surface area contributed by atoms with E-state index >= 15 is 0 Å². The van der Waals surface area contributed by atoms with Gasteiger partial charge in [0, 0.05) is 22.9 Å². The summed E-state index contributed by atoms with van der Waals surface area (Å²) < 4.78 is 44.6. The maximum atomic E-state index is 13.9. The summed E-state index contributed by atoms with van der Waals surface area (Å²) >= 11 is 6.44. The van der Waals surface area contributed by atoms with Crippen LogP contribution in [0.25, 0.3) is 22.5 Å². The average molecular weight is 728 g/mol. The van der Waals surface area contributed by atoms with E-state index in [1.807, 2.05) is 6.92 Å². The minimum Gasteiger partial charge on any atom is -0.447 e. The summed E-state index contributed by atoms with van der Waals surface area (Å²) in [7, 11) is 0. The molecule has 0 saturated heterocycles. The fraction of sp³-hybridized carbons (Fsp3) is 0.429. The predicted octanol–water partition coefficient (Wildman–Crippen LogP) is 7.21. The van der Waals surface area contributed by atoms with E-state index in [1.54, 1.807) is 42.5 Å². The van der Waals surface area contributed by atoms with E-state index in [-0.39, 0.29) is 18.1 Å². The highest BCUT2D eigenvalue weighted by atomic mass is 35.5. The number of nitrogens with one attached hydrogen (secondary N) is 2. The van der Waals surface area contributed by atoms with Crippen molar-refractivity contribution in [1.82, 2.24) is 35.2 Å². The summed E-state index contributed by atoms with van der Waals surface area (Å²) in [5.74, 6) is -0.142. The number of alkyl carbamates (subject to hydrolysis) is 1. The molecule has 2 amide bonds. The van der Waals surface area contributed by atoms with Gasteiger partial charge in [-0.25, -0.2) is 14.8 Å². The quantitative estimate of drug-likeness (QED) is 0.164. The number of H-pyrrole nitrogens is 1. The number of aromatic amines is 1. The van der Waals surface area contributed by atoms with Crippen LogP contribution in [0.1, 0.15) is 77.1 Å². The lowest BCUT2D eigenvalue weighted by Crippen LogP contribution is -2.44. The molecule has 1 unspecified atom stereocenters. The van der Waals surface area contributed by atoms with Crippen LogP contribution in [0.15, 0.2) is 66.2 Å². The zero-order valence-electron chi connectivity index (χ0n) is 29.0. The molecule has 16 heteroatoms. The van der Waals surface area contributed by atoms with Gasteiger partial charge >= 0.3 is 12.3 Å². The van der Waals surface area contributed by atoms with Crippen molar-refractivity contribution in [3.8, 4) is 22.5 Å². The summed E-state index contributed by atoms with van der Waals surface area (Å²) in [4.78, 5) is 36.4. The van der Waals surface area contributed by atoms with Crippen molar-refractivity contribution in [3.05, 3.63) is 77.3 Å². The van der Waals surface area contributed by atoms with Crippen LogP contribution in [-0.2, 0) is 16.1 Å². The summed E-state index contributed by atoms with van der Waals surface area (Å²) in [6, 6.07) is 9.79. The molecule has 2 aliphatic rings. The van der Waals surface area contributed by atoms with Gasteiger partial charge in [-0.3, -0.25) is 19.5 Å². The summed E-state index contributed by atoms with van der Waals surface area (Å²) in [6.45, 7) is 9.40. The monoisotopic (exact) mass is 727 g/mol. The first kappa shape index (κ1) is 37.3. The number of hydrogen-bond acceptors (Lipinski definition) is 8. The minimum atomic E-state index is -4.40. The highest BCUT2D eigenvalue weighted by Crippen LogP contribution is 2.37. The Hall–Kier alpha value is -4.92. The van der Waals surface area contributed by atoms with Crippen LogP contribution in [0.5, 0.6) is 0 Å². The van der Waals surface area contributed by atoms with Gasteiger partial charge in [-0.1, -0.05) is 76.0 Å². The third kappa shape index (κ3) is 9.66. The molecule has 272 valence electrons. The van der Waals surface area contributed by atoms with Gasteiger partial charge in [0.1, 0.15) is 19.5 Å². The Kier molecular flexibility index (Phi) is 10.8. The van der Waals surface area contributed by atoms with Crippen molar-refractivity contribution in [2.75, 3.05) is 6.61 Å². The van der Waals surface area contributed by atoms with Crippen molar-refractivity contribution < 1.29 is 27.5 Å². The van der Waals surface area contributed by atoms with E-state index in [0.29, 0.717) is 44.1 Å². The summed E-state index contributed by atoms with van der Waals surface area (Å²) in [5.41, 5.74) is 9.22. The molecule has 2 atom stereocenters. The van der Waals surface area contributed by atoms with Crippen molar-refractivity contribution in [2.24, 2.45) is 16.1 Å². The topological polar surface area (TPSA) is 156 Å². The molecular formula is C35H41ClF3N9O3. The maximum absolute atomic E-state index is 13.9. The number of amides is 2. The van der Waals surface area contributed by atoms with Crippen LogP contribution in [0.4, 0.5) is 18.0 Å². The molecule has 4 aromatic rings. The molecule has 3 heterocycles. The molecular weight excluding hydrogens is 687 g/mol. The zero-order valence-corrected chi connectivity index (χ0v) is 29.7. The van der Waals surface area contributed by atoms with Crippen molar-refractivity contribution in [2.45, 2.75) is 84.2 Å². The smallest absolute Gasteiger partial charge is 0.408 e. The molecule has 4 N–H and O–H groups in total. The molecule has 51 heavy (non-hydrogen) atoms. The molecule has 1 aliphatic carbocycles. The van der Waals surface area contributed by atoms with Crippen LogP contribution in [0.2, 0.25) is 5.02 Å². The first-order valence-corrected chi connectivity index (χ1v) is 16.8. The number of carbonyl (C=O) groups excluding carboxylic acids is 2. The average Bonchev–Trinajstić information content (AvgIpc) is 3.42. The van der Waals surface area contributed by atoms with E-state index in [1.165, 1.54) is 30.0 Å². The Balaban J connectivity index is 0.000000774. The highest BCUT2D eigenvalue weighted by Gasteiger charge is 2.42. The second-order valence-electron chi connectivity index (χ2n) is 14.0. The van der Waals surface area contributed by atoms with Gasteiger partial charge in [0.15, 0.2) is 17.8 Å². The number of ether oxygens (including phenoxy) is 1. The van der Waals surface area contributed by atoms with Crippen LogP contribution in [-0.4, -0.2) is 66.1 Å². The Morgan fingerprint density at radius 3 is 2.43 bits per heavy atom. The van der Waals surface area contributed by atoms with Gasteiger partial charge in [0.05, 0.1) is 17.3 Å². The summed E-state index contributed by atoms with van der Waals surface area (Å²) in [5, 5.41) is 13.6. The molecule has 2 aromatic carbocycles. The van der Waals surface area contributed by atoms with E-state index in [0.717, 1.165) is 17.5 Å². The Labute approximate surface area is 298 Å². The normalized spacial score (nSPS) is 17.4. The SMILES string of the molecule is CC1(NC(=O)OCC(c2ccc(Cl)c(-c3ncn[nH]3)c2)N2C(=O)[C@@H](c3ccc(-c4cnn(CC(F)(F)F)c4)cc3)N=C2N)CC1.CCC(C)(C)C. The minimum absolute atomic E-state index is 0.0816. The van der Waals surface area contributed by atoms with E-state index in [4.69, 9.17) is 22.1 Å². The van der Waals surface area contributed by atoms with Crippen LogP contribution in [0, 0.1) is 5.41 Å². The number of alkyl halides is 3. The second-order valence-corrected chi connectivity index (χ2v) is 14.5. The number of benzene rings is 2. The standard InChI is InChI=1S/C29H27ClF3N9O3.C6H14/c1-28(8-9-28)39-27(44)45-13-22(18-6-7-21(30)20(10-18)24-35-15-36-40-24)42-25(43)23(38-26(42)34)17-4-2-16(3-5-17)19-11-37-41(12-19)14-29(31,32)33;1-5-6(2,3)4/h2-7,10-12,15,22-23H,8-9,13-14H2,1H3,(H2,34,38)(H,39,44)(H,35,36,40);5H2,1-4H3/t22?,23-;/m1./s1. The Bertz CT molecular complexity index is 1870. The van der Waals surface area contributed by atoms with Crippen LogP contribution >= 0.6 is 11.6 Å². The number of nitrogens with zero attached hydrogens (tertiary/aromatic N) is 6. The maximum Gasteiger partial charge on any atom is 0.408 e. The molecule has 1 fully saturated rings. The van der Waals surface area contributed by atoms with E-state index in [2.05, 4.69) is 58.3 Å². The van der Waals surface area contributed by atoms with E-state index in [9.17, 15) is 22.8 Å². The van der Waals surface area contributed by atoms with Gasteiger partial charge < -0.3 is 15.8 Å². The first-order valence-electron chi connectivity index (χ1n) is 16.4. The molecule has 6 rings (SSSR count). The first-order chi connectivity index (χ1) is 23.9. The number of nitrogens with two attached hydrogens (primary N) is 1. The molecule has 1 aliphatic heterocycles. The van der Waals surface area contributed by atoms with Crippen molar-refractivity contribution >= 4 is 29.6 Å². The Morgan fingerprint density at radius 2 is 1.84 bits per heavy atom. The zero-order chi connectivity index (χ0) is 37.1. The van der Waals surface area contributed by atoms with Gasteiger partial charge in [0.25, 0.3) is 5.91 Å². The Morgan fingerprint density at radius 1 is 1.16 bits per heavy atom. The van der Waals surface area contributed by atoms with Gasteiger partial charge in [0.2, 0.25) is 0 Å². The molecule has 1 saturated carbocycles. The summed E-state index contributed by atoms with van der Waals surface area (Å²) in [6.07, 6.45) is 1.89. The van der Waals surface area contributed by atoms with Gasteiger partial charge in [-0.2, -0.15) is 23.4 Å². The van der Waals surface area contributed by atoms with Crippen molar-refractivity contribution in [1.29, 1.82) is 0 Å². The third-order valence-corrected chi connectivity index (χ3v) is 9.04. The highest BCUT2D eigenvalue weighted by molar-refractivity contribution is 6.33. The fourth-order valence-electron chi connectivity index (χ4n) is 5.00. The fourth-order valence-corrected chi connectivity index (χ4v) is 5.21. The molecule has 0 bridgehead atoms. The molecule has 12 nitrogen and oxygen atoms in total.